The summed E-state index contributed by atoms with van der Waals surface area (Å²) in [6.45, 7) is 0. The topological polar surface area (TPSA) is 68.5 Å². The second kappa shape index (κ2) is 7.03. The van der Waals surface area contributed by atoms with Gasteiger partial charge in [0.1, 0.15) is 12.1 Å². The first-order valence-electron chi connectivity index (χ1n) is 8.50. The van der Waals surface area contributed by atoms with E-state index in [0.717, 1.165) is 27.5 Å². The van der Waals surface area contributed by atoms with Crippen molar-refractivity contribution in [2.24, 2.45) is 0 Å². The maximum atomic E-state index is 6.11. The van der Waals surface area contributed by atoms with Crippen molar-refractivity contribution < 1.29 is 0 Å². The molecule has 0 bridgehead atoms. The Morgan fingerprint density at radius 1 is 1.00 bits per heavy atom. The maximum absolute atomic E-state index is 6.11. The second-order valence-electron chi connectivity index (χ2n) is 6.02. The number of hydrogen-bond donors (Lipinski definition) is 1. The normalized spacial score (nSPS) is 11.0. The molecule has 6 nitrogen and oxygen atoms in total. The zero-order chi connectivity index (χ0) is 18.9. The van der Waals surface area contributed by atoms with Crippen molar-refractivity contribution >= 4 is 44.9 Å². The Balaban J connectivity index is 1.50. The Labute approximate surface area is 169 Å². The zero-order valence-electron chi connectivity index (χ0n) is 14.5. The van der Waals surface area contributed by atoms with Crippen LogP contribution in [0, 0.1) is 0 Å². The van der Waals surface area contributed by atoms with E-state index < -0.39 is 0 Å². The predicted molar refractivity (Wildman–Crippen MR) is 113 cm³/mol. The predicted octanol–water partition coefficient (Wildman–Crippen LogP) is 5.34. The van der Waals surface area contributed by atoms with Crippen molar-refractivity contribution in [2.45, 2.75) is 0 Å². The number of anilines is 2. The number of benzene rings is 2. The molecule has 5 rings (SSSR count). The molecular formula is C20H13ClN6S. The molecule has 0 radical (unpaired) electrons. The first kappa shape index (κ1) is 16.9. The van der Waals surface area contributed by atoms with Crippen LogP contribution in [0.3, 0.4) is 0 Å². The Kier molecular flexibility index (Phi) is 4.23. The number of halogens is 1. The van der Waals surface area contributed by atoms with Crippen LogP contribution < -0.4 is 5.32 Å². The van der Waals surface area contributed by atoms with Crippen LogP contribution in [-0.4, -0.2) is 24.7 Å². The summed E-state index contributed by atoms with van der Waals surface area (Å²) in [5, 5.41) is 12.0. The van der Waals surface area contributed by atoms with Crippen LogP contribution in [0.4, 0.5) is 10.9 Å². The van der Waals surface area contributed by atoms with Gasteiger partial charge in [-0.25, -0.2) is 19.6 Å². The fraction of sp³-hybridized carbons (Fsp3) is 0. The number of aromatic nitrogens is 5. The summed E-state index contributed by atoms with van der Waals surface area (Å²) in [7, 11) is 0. The quantitative estimate of drug-likeness (QED) is 0.438. The van der Waals surface area contributed by atoms with Gasteiger partial charge in [-0.05, 0) is 18.2 Å². The Morgan fingerprint density at radius 3 is 2.75 bits per heavy atom. The molecule has 0 fully saturated rings. The van der Waals surface area contributed by atoms with Crippen molar-refractivity contribution in [1.82, 2.24) is 24.7 Å². The highest BCUT2D eigenvalue weighted by molar-refractivity contribution is 7.14. The molecule has 0 aliphatic carbocycles. The van der Waals surface area contributed by atoms with Gasteiger partial charge in [-0.2, -0.15) is 5.10 Å². The summed E-state index contributed by atoms with van der Waals surface area (Å²) in [4.78, 5) is 13.4. The van der Waals surface area contributed by atoms with Gasteiger partial charge in [0.25, 0.3) is 0 Å². The van der Waals surface area contributed by atoms with Crippen molar-refractivity contribution in [3.05, 3.63) is 77.5 Å². The third-order valence-electron chi connectivity index (χ3n) is 4.22. The first-order valence-corrected chi connectivity index (χ1v) is 9.76. The highest BCUT2D eigenvalue weighted by Crippen LogP contribution is 2.29. The van der Waals surface area contributed by atoms with Crippen molar-refractivity contribution in [3.8, 4) is 16.9 Å². The molecule has 0 saturated heterocycles. The molecule has 0 aliphatic heterocycles. The Morgan fingerprint density at radius 2 is 1.89 bits per heavy atom. The van der Waals surface area contributed by atoms with Gasteiger partial charge in [0, 0.05) is 16.0 Å². The Bertz CT molecular complexity index is 1260. The van der Waals surface area contributed by atoms with Crippen LogP contribution in [0.1, 0.15) is 0 Å². The third kappa shape index (κ3) is 3.11. The van der Waals surface area contributed by atoms with Crippen LogP contribution in [-0.2, 0) is 0 Å². The summed E-state index contributed by atoms with van der Waals surface area (Å²) < 4.78 is 1.74. The van der Waals surface area contributed by atoms with E-state index in [1.165, 1.54) is 17.7 Å². The number of nitrogens with zero attached hydrogens (tertiary/aromatic N) is 5. The summed E-state index contributed by atoms with van der Waals surface area (Å²) in [5.41, 5.74) is 3.54. The monoisotopic (exact) mass is 404 g/mol. The van der Waals surface area contributed by atoms with Crippen LogP contribution in [0.25, 0.3) is 28.0 Å². The highest BCUT2D eigenvalue weighted by Gasteiger charge is 2.13. The van der Waals surface area contributed by atoms with Crippen LogP contribution in [0.5, 0.6) is 0 Å². The number of thiazole rings is 1. The number of hydrogen-bond acceptors (Lipinski definition) is 6. The number of rotatable bonds is 4. The standard InChI is InChI=1S/C20H13ClN6S/c21-14-7-4-8-15(9-14)27-19-16(10-24-27)18(22-12-23-19)26-20-25-17(11-28-20)13-5-2-1-3-6-13/h1-12H,(H,22,23,25,26). The molecule has 0 amide bonds. The molecule has 0 atom stereocenters. The molecule has 28 heavy (non-hydrogen) atoms. The van der Waals surface area contributed by atoms with Gasteiger partial charge in [-0.3, -0.25) is 0 Å². The van der Waals surface area contributed by atoms with Gasteiger partial charge in [-0.15, -0.1) is 11.3 Å². The molecule has 0 saturated carbocycles. The Hall–Kier alpha value is -3.29. The molecule has 3 heterocycles. The number of fused-ring (bicyclic) bond motifs is 1. The SMILES string of the molecule is Clc1cccc(-n2ncc3c(Nc4nc(-c5ccccc5)cs4)ncnc32)c1. The minimum absolute atomic E-state index is 0.643. The molecule has 2 aromatic carbocycles. The zero-order valence-corrected chi connectivity index (χ0v) is 16.0. The smallest absolute Gasteiger partial charge is 0.188 e. The molecule has 3 aromatic heterocycles. The fourth-order valence-corrected chi connectivity index (χ4v) is 3.82. The van der Waals surface area contributed by atoms with E-state index in [9.17, 15) is 0 Å². The van der Waals surface area contributed by atoms with Crippen LogP contribution in [0.2, 0.25) is 5.02 Å². The summed E-state index contributed by atoms with van der Waals surface area (Å²) in [6, 6.07) is 17.5. The lowest BCUT2D eigenvalue weighted by Gasteiger charge is -2.05. The minimum atomic E-state index is 0.643. The molecule has 5 aromatic rings. The molecule has 0 unspecified atom stereocenters. The van der Waals surface area contributed by atoms with Gasteiger partial charge in [-0.1, -0.05) is 48.0 Å². The van der Waals surface area contributed by atoms with E-state index in [0.29, 0.717) is 16.5 Å². The average Bonchev–Trinajstić information content (AvgIpc) is 3.36. The van der Waals surface area contributed by atoms with Crippen molar-refractivity contribution in [2.75, 3.05) is 5.32 Å². The summed E-state index contributed by atoms with van der Waals surface area (Å²) >= 11 is 7.64. The van der Waals surface area contributed by atoms with E-state index in [-0.39, 0.29) is 0 Å². The fourth-order valence-electron chi connectivity index (χ4n) is 2.91. The second-order valence-corrected chi connectivity index (χ2v) is 7.32. The van der Waals surface area contributed by atoms with E-state index in [1.54, 1.807) is 10.9 Å². The molecule has 0 spiro atoms. The van der Waals surface area contributed by atoms with Crippen LogP contribution in [0.15, 0.2) is 72.5 Å². The molecule has 136 valence electrons. The van der Waals surface area contributed by atoms with Gasteiger partial charge < -0.3 is 5.32 Å². The van der Waals surface area contributed by atoms with Gasteiger partial charge in [0.05, 0.1) is 23.0 Å². The molecule has 1 N–H and O–H groups in total. The van der Waals surface area contributed by atoms with E-state index >= 15 is 0 Å². The van der Waals surface area contributed by atoms with Gasteiger partial charge in [0.15, 0.2) is 10.8 Å². The van der Waals surface area contributed by atoms with Crippen molar-refractivity contribution in [1.29, 1.82) is 0 Å². The van der Waals surface area contributed by atoms with E-state index in [2.05, 4.69) is 25.4 Å². The highest BCUT2D eigenvalue weighted by atomic mass is 35.5. The maximum Gasteiger partial charge on any atom is 0.188 e. The van der Waals surface area contributed by atoms with Gasteiger partial charge in [0.2, 0.25) is 0 Å². The molecule has 8 heteroatoms. The van der Waals surface area contributed by atoms with Crippen LogP contribution >= 0.6 is 22.9 Å². The lowest BCUT2D eigenvalue weighted by molar-refractivity contribution is 0.895. The summed E-state index contributed by atoms with van der Waals surface area (Å²) in [5.74, 6) is 0.659. The largest absolute Gasteiger partial charge is 0.315 e. The lowest BCUT2D eigenvalue weighted by atomic mass is 10.2. The first-order chi connectivity index (χ1) is 13.8. The van der Waals surface area contributed by atoms with Gasteiger partial charge >= 0.3 is 0 Å². The lowest BCUT2D eigenvalue weighted by Crippen LogP contribution is -1.99. The summed E-state index contributed by atoms with van der Waals surface area (Å²) in [6.07, 6.45) is 3.25. The molecule has 0 aliphatic rings. The average molecular weight is 405 g/mol. The third-order valence-corrected chi connectivity index (χ3v) is 5.21. The minimum Gasteiger partial charge on any atom is -0.315 e. The number of nitrogens with one attached hydrogen (secondary N) is 1. The van der Waals surface area contributed by atoms with Crippen molar-refractivity contribution in [3.63, 3.8) is 0 Å². The van der Waals surface area contributed by atoms with E-state index in [1.807, 2.05) is 60.0 Å². The molecular weight excluding hydrogens is 392 g/mol. The van der Waals surface area contributed by atoms with E-state index in [4.69, 9.17) is 11.6 Å².